The number of anilines is 1. The first-order chi connectivity index (χ1) is 20.1. The molecule has 0 aliphatic carbocycles. The summed E-state index contributed by atoms with van der Waals surface area (Å²) < 4.78 is 8.90. The van der Waals surface area contributed by atoms with Crippen molar-refractivity contribution in [2.24, 2.45) is 12.0 Å². The fourth-order valence-electron chi connectivity index (χ4n) is 5.09. The molecule has 1 fully saturated rings. The van der Waals surface area contributed by atoms with Crippen LogP contribution in [0.5, 0.6) is 5.88 Å². The van der Waals surface area contributed by atoms with E-state index in [1.54, 1.807) is 18.0 Å². The Labute approximate surface area is 238 Å². The van der Waals surface area contributed by atoms with Crippen molar-refractivity contribution in [3.8, 4) is 40.0 Å². The number of rotatable bonds is 7. The summed E-state index contributed by atoms with van der Waals surface area (Å²) in [5.74, 6) is 8.05. The molecule has 1 aliphatic heterocycles. The van der Waals surface area contributed by atoms with Gasteiger partial charge < -0.3 is 9.64 Å². The van der Waals surface area contributed by atoms with Gasteiger partial charge in [-0.25, -0.2) is 14.5 Å². The second-order valence-corrected chi connectivity index (χ2v) is 9.95. The van der Waals surface area contributed by atoms with Crippen molar-refractivity contribution in [2.75, 3.05) is 44.7 Å². The zero-order chi connectivity index (χ0) is 28.2. The van der Waals surface area contributed by atoms with Crippen LogP contribution >= 0.6 is 0 Å². The van der Waals surface area contributed by atoms with Gasteiger partial charge in [-0.15, -0.1) is 0 Å². The van der Waals surface area contributed by atoms with Crippen molar-refractivity contribution >= 4 is 18.1 Å². The van der Waals surface area contributed by atoms with Crippen molar-refractivity contribution in [1.29, 1.82) is 0 Å². The monoisotopic (exact) mass is 545 g/mol. The van der Waals surface area contributed by atoms with Gasteiger partial charge in [0.25, 0.3) is 0 Å². The lowest BCUT2D eigenvalue weighted by Crippen LogP contribution is -2.46. The molecule has 0 atom stereocenters. The van der Waals surface area contributed by atoms with Crippen molar-refractivity contribution in [2.45, 2.75) is 6.54 Å². The molecular weight excluding hydrogens is 514 g/mol. The lowest BCUT2D eigenvalue weighted by molar-refractivity contribution is 0.287. The summed E-state index contributed by atoms with van der Waals surface area (Å²) in [6, 6.07) is 10.2. The van der Waals surface area contributed by atoms with Crippen LogP contribution in [0.15, 0.2) is 72.5 Å². The van der Waals surface area contributed by atoms with E-state index in [9.17, 15) is 0 Å². The number of hydrogen-bond donors (Lipinski definition) is 0. The maximum atomic E-state index is 5.18. The smallest absolute Gasteiger partial charge is 0.214 e. The molecule has 5 aromatic rings. The molecule has 5 aromatic heterocycles. The van der Waals surface area contributed by atoms with Crippen molar-refractivity contribution in [3.63, 3.8) is 0 Å². The van der Waals surface area contributed by atoms with Gasteiger partial charge in [0.2, 0.25) is 5.88 Å². The first kappa shape index (κ1) is 26.2. The highest BCUT2D eigenvalue weighted by molar-refractivity contribution is 5.86. The van der Waals surface area contributed by atoms with E-state index in [0.717, 1.165) is 77.4 Å². The second-order valence-electron chi connectivity index (χ2n) is 9.95. The zero-order valence-electron chi connectivity index (χ0n) is 23.2. The molecule has 0 amide bonds. The Balaban J connectivity index is 1.17. The zero-order valence-corrected chi connectivity index (χ0v) is 23.2. The molecule has 0 spiro atoms. The minimum Gasteiger partial charge on any atom is -0.481 e. The molecular formula is C31H31N9O. The van der Waals surface area contributed by atoms with Gasteiger partial charge in [0, 0.05) is 97.5 Å². The third kappa shape index (κ3) is 5.66. The molecule has 0 N–H and O–H groups in total. The number of fused-ring (bicyclic) bond motifs is 1. The van der Waals surface area contributed by atoms with Gasteiger partial charge in [-0.1, -0.05) is 11.8 Å². The summed E-state index contributed by atoms with van der Waals surface area (Å²) in [4.78, 5) is 17.8. The Morgan fingerprint density at radius 1 is 0.951 bits per heavy atom. The Morgan fingerprint density at radius 3 is 2.56 bits per heavy atom. The highest BCUT2D eigenvalue weighted by Gasteiger charge is 2.19. The van der Waals surface area contributed by atoms with E-state index < -0.39 is 0 Å². The standard InChI is InChI=1S/C31H31N9O/c1-32-17-26-19-36-40-22-25(27-20-35-37(2)21-27)16-28(31(26)40)24-6-7-29(34-18-24)39-13-11-38(12-14-39)10-4-5-23-8-9-33-30(15-23)41-3/h6-9,15-16,18-22H,1,10-14,17H2,2-3H3. The largest absolute Gasteiger partial charge is 0.481 e. The number of hydrogen-bond acceptors (Lipinski definition) is 8. The predicted octanol–water partition coefficient (Wildman–Crippen LogP) is 3.57. The molecule has 1 aliphatic rings. The first-order valence-corrected chi connectivity index (χ1v) is 13.5. The summed E-state index contributed by atoms with van der Waals surface area (Å²) in [6.45, 7) is 8.56. The third-order valence-electron chi connectivity index (χ3n) is 7.24. The van der Waals surface area contributed by atoms with E-state index in [4.69, 9.17) is 9.72 Å². The number of ether oxygens (including phenoxy) is 1. The van der Waals surface area contributed by atoms with Crippen LogP contribution in [0, 0.1) is 11.8 Å². The van der Waals surface area contributed by atoms with Gasteiger partial charge in [0.15, 0.2) is 0 Å². The van der Waals surface area contributed by atoms with E-state index in [1.165, 1.54) is 0 Å². The Kier molecular flexibility index (Phi) is 7.43. The van der Waals surface area contributed by atoms with Crippen molar-refractivity contribution in [3.05, 3.63) is 78.6 Å². The minimum absolute atomic E-state index is 0.500. The van der Waals surface area contributed by atoms with E-state index >= 15 is 0 Å². The van der Waals surface area contributed by atoms with Crippen molar-refractivity contribution < 1.29 is 4.74 Å². The highest BCUT2D eigenvalue weighted by Crippen LogP contribution is 2.32. The third-order valence-corrected chi connectivity index (χ3v) is 7.24. The molecule has 6 rings (SSSR count). The number of piperazine rings is 1. The summed E-state index contributed by atoms with van der Waals surface area (Å²) in [5.41, 5.74) is 7.09. The topological polar surface area (TPSA) is 89.0 Å². The Morgan fingerprint density at radius 2 is 1.83 bits per heavy atom. The van der Waals surface area contributed by atoms with Crippen LogP contribution in [-0.4, -0.2) is 80.8 Å². The Bertz CT molecular complexity index is 1740. The first-order valence-electron chi connectivity index (χ1n) is 13.5. The fourth-order valence-corrected chi connectivity index (χ4v) is 5.09. The molecule has 0 radical (unpaired) electrons. The van der Waals surface area contributed by atoms with Crippen LogP contribution in [0.2, 0.25) is 0 Å². The van der Waals surface area contributed by atoms with Crippen LogP contribution in [0.1, 0.15) is 11.1 Å². The maximum absolute atomic E-state index is 5.18. The highest BCUT2D eigenvalue weighted by atomic mass is 16.5. The van der Waals surface area contributed by atoms with Crippen molar-refractivity contribution in [1.82, 2.24) is 34.3 Å². The van der Waals surface area contributed by atoms with E-state index in [1.807, 2.05) is 54.7 Å². The molecule has 0 aromatic carbocycles. The Hall–Kier alpha value is -5.01. The van der Waals surface area contributed by atoms with Crippen LogP contribution < -0.4 is 9.64 Å². The lowest BCUT2D eigenvalue weighted by Gasteiger charge is -2.34. The number of methoxy groups -OCH3 is 1. The van der Waals surface area contributed by atoms with Crippen LogP contribution in [0.4, 0.5) is 5.82 Å². The molecule has 10 heteroatoms. The second kappa shape index (κ2) is 11.6. The maximum Gasteiger partial charge on any atom is 0.214 e. The SMILES string of the molecule is C=NCc1cnn2cc(-c3cnn(C)c3)cc(-c3ccc(N4CCN(CC#Cc5ccnc(OC)c5)CC4)nc3)c12. The number of aryl methyl sites for hydroxylation is 1. The number of aromatic nitrogens is 6. The van der Waals surface area contributed by atoms with Gasteiger partial charge >= 0.3 is 0 Å². The summed E-state index contributed by atoms with van der Waals surface area (Å²) in [7, 11) is 3.53. The van der Waals surface area contributed by atoms with Gasteiger partial charge in [0.1, 0.15) is 5.82 Å². The average Bonchev–Trinajstić information content (AvgIpc) is 3.63. The predicted molar refractivity (Wildman–Crippen MR) is 160 cm³/mol. The van der Waals surface area contributed by atoms with E-state index in [0.29, 0.717) is 12.4 Å². The van der Waals surface area contributed by atoms with E-state index in [2.05, 4.69) is 66.7 Å². The number of aliphatic imine (C=N–C) groups is 1. The molecule has 0 bridgehead atoms. The summed E-state index contributed by atoms with van der Waals surface area (Å²) >= 11 is 0. The minimum atomic E-state index is 0.500. The van der Waals surface area contributed by atoms with Gasteiger partial charge in [-0.2, -0.15) is 10.2 Å². The van der Waals surface area contributed by atoms with Gasteiger partial charge in [-0.3, -0.25) is 14.6 Å². The molecule has 1 saturated heterocycles. The van der Waals surface area contributed by atoms with E-state index in [-0.39, 0.29) is 0 Å². The molecule has 41 heavy (non-hydrogen) atoms. The van der Waals surface area contributed by atoms with Crippen LogP contribution in [0.25, 0.3) is 27.8 Å². The number of nitrogens with zero attached hydrogens (tertiary/aromatic N) is 9. The molecule has 10 nitrogen and oxygen atoms in total. The molecule has 0 unspecified atom stereocenters. The fraction of sp³-hybridized carbons (Fsp3) is 0.258. The molecule has 206 valence electrons. The summed E-state index contributed by atoms with van der Waals surface area (Å²) in [6.07, 6.45) is 11.4. The molecule has 0 saturated carbocycles. The van der Waals surface area contributed by atoms with Gasteiger partial charge in [-0.05, 0) is 31.0 Å². The quantitative estimate of drug-likeness (QED) is 0.228. The normalized spacial score (nSPS) is 13.7. The summed E-state index contributed by atoms with van der Waals surface area (Å²) in [5, 5.41) is 8.95. The van der Waals surface area contributed by atoms with Gasteiger partial charge in [0.05, 0.1) is 38.1 Å². The lowest BCUT2D eigenvalue weighted by atomic mass is 10.0. The average molecular weight is 546 g/mol. The van der Waals surface area contributed by atoms with Crippen LogP contribution in [0.3, 0.4) is 0 Å². The molecule has 6 heterocycles. The number of pyridine rings is 3. The van der Waals surface area contributed by atoms with Crippen LogP contribution in [-0.2, 0) is 13.6 Å².